The topological polar surface area (TPSA) is 50.4 Å². The van der Waals surface area contributed by atoms with Gasteiger partial charge in [0.1, 0.15) is 0 Å². The molecule has 0 saturated carbocycles. The van der Waals surface area contributed by atoms with E-state index in [0.29, 0.717) is 10.6 Å². The van der Waals surface area contributed by atoms with E-state index in [1.54, 1.807) is 24.3 Å². The third kappa shape index (κ3) is 3.70. The van der Waals surface area contributed by atoms with Crippen LogP contribution in [-0.4, -0.2) is 25.1 Å². The van der Waals surface area contributed by atoms with Gasteiger partial charge in [0.25, 0.3) is 5.91 Å². The molecule has 1 aliphatic heterocycles. The smallest absolute Gasteiger partial charge is 0.274 e. The summed E-state index contributed by atoms with van der Waals surface area (Å²) in [7, 11) is 0. The van der Waals surface area contributed by atoms with Gasteiger partial charge in [0.05, 0.1) is 6.10 Å². The summed E-state index contributed by atoms with van der Waals surface area (Å²) < 4.78 is 0. The molecule has 2 rings (SSSR count). The Morgan fingerprint density at radius 3 is 2.82 bits per heavy atom. The highest BCUT2D eigenvalue weighted by Crippen LogP contribution is 2.10. The molecule has 1 aromatic rings. The first-order valence-corrected chi connectivity index (χ1v) is 6.06. The molecule has 4 nitrogen and oxygen atoms in total. The number of carbonyl (C=O) groups excluding carboxylic acids is 1. The second kappa shape index (κ2) is 6.00. The van der Waals surface area contributed by atoms with Crippen LogP contribution in [0.2, 0.25) is 5.02 Å². The van der Waals surface area contributed by atoms with Crippen LogP contribution in [0.3, 0.4) is 0 Å². The van der Waals surface area contributed by atoms with Crippen LogP contribution in [0.5, 0.6) is 0 Å². The Kier molecular flexibility index (Phi) is 4.36. The number of rotatable bonds is 3. The van der Waals surface area contributed by atoms with E-state index in [4.69, 9.17) is 16.4 Å². The Bertz CT molecular complexity index is 375. The van der Waals surface area contributed by atoms with Crippen molar-refractivity contribution in [2.75, 3.05) is 13.1 Å². The van der Waals surface area contributed by atoms with E-state index in [2.05, 4.69) is 10.8 Å². The van der Waals surface area contributed by atoms with Gasteiger partial charge in [-0.15, -0.1) is 0 Å². The summed E-state index contributed by atoms with van der Waals surface area (Å²) in [5.74, 6) is -0.243. The SMILES string of the molecule is O=C(NOC1CCCNC1)c1ccc(Cl)cc1. The maximum atomic E-state index is 11.7. The van der Waals surface area contributed by atoms with Gasteiger partial charge in [0.15, 0.2) is 0 Å². The zero-order chi connectivity index (χ0) is 12.1. The first kappa shape index (κ1) is 12.4. The zero-order valence-electron chi connectivity index (χ0n) is 9.41. The van der Waals surface area contributed by atoms with Crippen molar-refractivity contribution < 1.29 is 9.63 Å². The Morgan fingerprint density at radius 2 is 2.18 bits per heavy atom. The molecule has 2 N–H and O–H groups in total. The molecule has 1 aliphatic rings. The summed E-state index contributed by atoms with van der Waals surface area (Å²) in [6.45, 7) is 1.80. The summed E-state index contributed by atoms with van der Waals surface area (Å²) in [5, 5.41) is 3.82. The van der Waals surface area contributed by atoms with Crippen molar-refractivity contribution in [3.8, 4) is 0 Å². The van der Waals surface area contributed by atoms with Crippen LogP contribution in [0, 0.1) is 0 Å². The minimum Gasteiger partial charge on any atom is -0.314 e. The molecule has 0 radical (unpaired) electrons. The fourth-order valence-corrected chi connectivity index (χ4v) is 1.84. The number of hydrogen-bond donors (Lipinski definition) is 2. The molecule has 0 spiro atoms. The van der Waals surface area contributed by atoms with Crippen molar-refractivity contribution >= 4 is 17.5 Å². The number of nitrogens with one attached hydrogen (secondary N) is 2. The van der Waals surface area contributed by atoms with E-state index in [9.17, 15) is 4.79 Å². The molecule has 1 heterocycles. The highest BCUT2D eigenvalue weighted by molar-refractivity contribution is 6.30. The Labute approximate surface area is 105 Å². The molecule has 0 aliphatic carbocycles. The third-order valence-corrected chi connectivity index (χ3v) is 2.93. The minimum atomic E-state index is -0.243. The molecule has 1 saturated heterocycles. The number of benzene rings is 1. The van der Waals surface area contributed by atoms with Crippen LogP contribution in [0.25, 0.3) is 0 Å². The molecular weight excluding hydrogens is 240 g/mol. The molecule has 1 fully saturated rings. The van der Waals surface area contributed by atoms with E-state index in [1.807, 2.05) is 0 Å². The van der Waals surface area contributed by atoms with Crippen LogP contribution in [0.1, 0.15) is 23.2 Å². The molecule has 0 aromatic heterocycles. The van der Waals surface area contributed by atoms with Crippen LogP contribution in [0.15, 0.2) is 24.3 Å². The van der Waals surface area contributed by atoms with Gasteiger partial charge in [-0.2, -0.15) is 0 Å². The molecule has 1 unspecified atom stereocenters. The Hall–Kier alpha value is -1.10. The van der Waals surface area contributed by atoms with Crippen molar-refractivity contribution in [2.45, 2.75) is 18.9 Å². The summed E-state index contributed by atoms with van der Waals surface area (Å²) in [6.07, 6.45) is 2.09. The molecule has 1 amide bonds. The lowest BCUT2D eigenvalue weighted by molar-refractivity contribution is -0.0251. The maximum Gasteiger partial charge on any atom is 0.274 e. The third-order valence-electron chi connectivity index (χ3n) is 2.68. The van der Waals surface area contributed by atoms with Gasteiger partial charge in [-0.1, -0.05) is 11.6 Å². The summed E-state index contributed by atoms with van der Waals surface area (Å²) in [4.78, 5) is 17.0. The van der Waals surface area contributed by atoms with Gasteiger partial charge >= 0.3 is 0 Å². The zero-order valence-corrected chi connectivity index (χ0v) is 10.2. The van der Waals surface area contributed by atoms with Gasteiger partial charge in [0.2, 0.25) is 0 Å². The molecule has 1 atom stereocenters. The fraction of sp³-hybridized carbons (Fsp3) is 0.417. The van der Waals surface area contributed by atoms with Crippen LogP contribution in [0.4, 0.5) is 0 Å². The van der Waals surface area contributed by atoms with E-state index in [1.165, 1.54) is 0 Å². The van der Waals surface area contributed by atoms with Crippen molar-refractivity contribution in [3.63, 3.8) is 0 Å². The van der Waals surface area contributed by atoms with Crippen LogP contribution < -0.4 is 10.8 Å². The average Bonchev–Trinajstić information content (AvgIpc) is 2.38. The summed E-state index contributed by atoms with van der Waals surface area (Å²) >= 11 is 5.74. The van der Waals surface area contributed by atoms with Gasteiger partial charge in [-0.05, 0) is 43.7 Å². The van der Waals surface area contributed by atoms with E-state index in [0.717, 1.165) is 25.9 Å². The van der Waals surface area contributed by atoms with E-state index in [-0.39, 0.29) is 12.0 Å². The number of halogens is 1. The van der Waals surface area contributed by atoms with Crippen LogP contribution in [-0.2, 0) is 4.84 Å². The monoisotopic (exact) mass is 254 g/mol. The lowest BCUT2D eigenvalue weighted by atomic mass is 10.1. The van der Waals surface area contributed by atoms with Gasteiger partial charge in [0, 0.05) is 17.1 Å². The van der Waals surface area contributed by atoms with Gasteiger partial charge in [-0.3, -0.25) is 9.63 Å². The second-order valence-electron chi connectivity index (χ2n) is 4.02. The van der Waals surface area contributed by atoms with Crippen molar-refractivity contribution in [1.82, 2.24) is 10.8 Å². The number of amides is 1. The molecule has 0 bridgehead atoms. The van der Waals surface area contributed by atoms with E-state index < -0.39 is 0 Å². The number of piperidine rings is 1. The highest BCUT2D eigenvalue weighted by atomic mass is 35.5. The van der Waals surface area contributed by atoms with Crippen molar-refractivity contribution in [1.29, 1.82) is 0 Å². The first-order valence-electron chi connectivity index (χ1n) is 5.68. The predicted molar refractivity (Wildman–Crippen MR) is 65.9 cm³/mol. The summed E-state index contributed by atoms with van der Waals surface area (Å²) in [6, 6.07) is 6.69. The predicted octanol–water partition coefficient (Wildman–Crippen LogP) is 1.75. The summed E-state index contributed by atoms with van der Waals surface area (Å²) in [5.41, 5.74) is 3.01. The Balaban J connectivity index is 1.82. The molecule has 92 valence electrons. The number of carbonyl (C=O) groups is 1. The van der Waals surface area contributed by atoms with Crippen molar-refractivity contribution in [2.24, 2.45) is 0 Å². The fourth-order valence-electron chi connectivity index (χ4n) is 1.72. The standard InChI is InChI=1S/C12H15ClN2O2/c13-10-5-3-9(4-6-10)12(16)15-17-11-2-1-7-14-8-11/h3-6,11,14H,1-2,7-8H2,(H,15,16). The van der Waals surface area contributed by atoms with Gasteiger partial charge in [-0.25, -0.2) is 5.48 Å². The molecular formula is C12H15ClN2O2. The lowest BCUT2D eigenvalue weighted by Crippen LogP contribution is -2.40. The highest BCUT2D eigenvalue weighted by Gasteiger charge is 2.15. The lowest BCUT2D eigenvalue weighted by Gasteiger charge is -2.22. The molecule has 17 heavy (non-hydrogen) atoms. The largest absolute Gasteiger partial charge is 0.314 e. The first-order chi connectivity index (χ1) is 8.25. The Morgan fingerprint density at radius 1 is 1.41 bits per heavy atom. The second-order valence-corrected chi connectivity index (χ2v) is 4.46. The van der Waals surface area contributed by atoms with Gasteiger partial charge < -0.3 is 5.32 Å². The van der Waals surface area contributed by atoms with Crippen molar-refractivity contribution in [3.05, 3.63) is 34.9 Å². The number of hydroxylamine groups is 1. The average molecular weight is 255 g/mol. The maximum absolute atomic E-state index is 11.7. The quantitative estimate of drug-likeness (QED) is 0.808. The van der Waals surface area contributed by atoms with E-state index >= 15 is 0 Å². The van der Waals surface area contributed by atoms with Crippen LogP contribution >= 0.6 is 11.6 Å². The molecule has 1 aromatic carbocycles. The molecule has 5 heteroatoms. The normalized spacial score (nSPS) is 19.9. The minimum absolute atomic E-state index is 0.0556. The number of hydrogen-bond acceptors (Lipinski definition) is 3.